The molecule has 0 bridgehead atoms. The molecule has 1 saturated heterocycles. The van der Waals surface area contributed by atoms with Gasteiger partial charge in [0, 0.05) is 37.3 Å². The molecule has 1 aliphatic rings. The SMILES string of the molecule is CCCc1cc(C(=O)NC2CCN(c3cnn(C)c3)C2)sc1C. The summed E-state index contributed by atoms with van der Waals surface area (Å²) in [4.78, 5) is 16.9. The Kier molecular flexibility index (Phi) is 4.71. The number of nitrogens with zero attached hydrogens (tertiary/aromatic N) is 3. The highest BCUT2D eigenvalue weighted by Gasteiger charge is 2.25. The van der Waals surface area contributed by atoms with Crippen LogP contribution in [0.1, 0.15) is 39.9 Å². The molecule has 1 N–H and O–H groups in total. The van der Waals surface area contributed by atoms with Gasteiger partial charge in [-0.05, 0) is 31.4 Å². The molecule has 23 heavy (non-hydrogen) atoms. The Morgan fingerprint density at radius 2 is 2.35 bits per heavy atom. The van der Waals surface area contributed by atoms with E-state index in [1.165, 1.54) is 10.4 Å². The maximum absolute atomic E-state index is 12.5. The molecule has 5 nitrogen and oxygen atoms in total. The fourth-order valence-corrected chi connectivity index (χ4v) is 4.06. The number of rotatable bonds is 5. The van der Waals surface area contributed by atoms with Gasteiger partial charge in [-0.2, -0.15) is 5.10 Å². The zero-order chi connectivity index (χ0) is 16.4. The molecule has 0 aliphatic carbocycles. The van der Waals surface area contributed by atoms with Gasteiger partial charge in [0.2, 0.25) is 0 Å². The Labute approximate surface area is 141 Å². The van der Waals surface area contributed by atoms with Crippen LogP contribution in [0.5, 0.6) is 0 Å². The van der Waals surface area contributed by atoms with Crippen LogP contribution in [-0.2, 0) is 13.5 Å². The van der Waals surface area contributed by atoms with E-state index in [0.717, 1.165) is 42.9 Å². The van der Waals surface area contributed by atoms with Crippen LogP contribution >= 0.6 is 11.3 Å². The molecule has 124 valence electrons. The molecular formula is C17H24N4OS. The van der Waals surface area contributed by atoms with E-state index in [2.05, 4.69) is 35.2 Å². The fraction of sp³-hybridized carbons (Fsp3) is 0.529. The predicted molar refractivity (Wildman–Crippen MR) is 94.3 cm³/mol. The zero-order valence-corrected chi connectivity index (χ0v) is 14.8. The van der Waals surface area contributed by atoms with Crippen molar-refractivity contribution in [2.24, 2.45) is 7.05 Å². The van der Waals surface area contributed by atoms with Crippen LogP contribution in [0.4, 0.5) is 5.69 Å². The van der Waals surface area contributed by atoms with Crippen molar-refractivity contribution in [1.29, 1.82) is 0 Å². The maximum atomic E-state index is 12.5. The average Bonchev–Trinajstić information content (AvgIpc) is 3.21. The number of carbonyl (C=O) groups is 1. The maximum Gasteiger partial charge on any atom is 0.261 e. The molecule has 1 aliphatic heterocycles. The van der Waals surface area contributed by atoms with E-state index in [0.29, 0.717) is 0 Å². The van der Waals surface area contributed by atoms with Crippen LogP contribution in [0.3, 0.4) is 0 Å². The lowest BCUT2D eigenvalue weighted by molar-refractivity contribution is 0.0944. The first-order chi connectivity index (χ1) is 11.1. The first kappa shape index (κ1) is 16.1. The number of thiophene rings is 1. The van der Waals surface area contributed by atoms with E-state index in [4.69, 9.17) is 0 Å². The van der Waals surface area contributed by atoms with Gasteiger partial charge in [-0.3, -0.25) is 9.48 Å². The third kappa shape index (κ3) is 3.58. The standard InChI is InChI=1S/C17H24N4OS/c1-4-5-13-8-16(23-12(13)2)17(22)19-14-6-7-21(10-14)15-9-18-20(3)11-15/h8-9,11,14H,4-7,10H2,1-3H3,(H,19,22). The van der Waals surface area contributed by atoms with Crippen molar-refractivity contribution in [2.75, 3.05) is 18.0 Å². The molecule has 3 heterocycles. The third-order valence-electron chi connectivity index (χ3n) is 4.34. The van der Waals surface area contributed by atoms with Gasteiger partial charge in [-0.25, -0.2) is 0 Å². The van der Waals surface area contributed by atoms with Gasteiger partial charge in [-0.1, -0.05) is 13.3 Å². The molecule has 0 saturated carbocycles. The van der Waals surface area contributed by atoms with Crippen molar-refractivity contribution in [3.8, 4) is 0 Å². The van der Waals surface area contributed by atoms with Crippen molar-refractivity contribution >= 4 is 22.9 Å². The molecule has 6 heteroatoms. The topological polar surface area (TPSA) is 50.2 Å². The van der Waals surface area contributed by atoms with E-state index in [9.17, 15) is 4.79 Å². The lowest BCUT2D eigenvalue weighted by Crippen LogP contribution is -2.36. The third-order valence-corrected chi connectivity index (χ3v) is 5.44. The van der Waals surface area contributed by atoms with Gasteiger partial charge in [-0.15, -0.1) is 11.3 Å². The highest BCUT2D eigenvalue weighted by Crippen LogP contribution is 2.24. The second-order valence-electron chi connectivity index (χ2n) is 6.22. The molecule has 0 aromatic carbocycles. The molecule has 1 unspecified atom stereocenters. The van der Waals surface area contributed by atoms with Gasteiger partial charge in [0.05, 0.1) is 16.8 Å². The Hall–Kier alpha value is -1.82. The molecule has 0 spiro atoms. The number of nitrogens with one attached hydrogen (secondary N) is 1. The van der Waals surface area contributed by atoms with Gasteiger partial charge >= 0.3 is 0 Å². The number of hydrogen-bond donors (Lipinski definition) is 1. The summed E-state index contributed by atoms with van der Waals surface area (Å²) in [5.74, 6) is 0.0680. The number of amides is 1. The Bertz CT molecular complexity index is 691. The molecule has 1 fully saturated rings. The Morgan fingerprint density at radius 1 is 1.52 bits per heavy atom. The van der Waals surface area contributed by atoms with E-state index in [1.807, 2.05) is 24.1 Å². The summed E-state index contributed by atoms with van der Waals surface area (Å²) in [6, 6.07) is 2.27. The normalized spacial score (nSPS) is 17.7. The summed E-state index contributed by atoms with van der Waals surface area (Å²) in [6.07, 6.45) is 7.04. The molecule has 3 rings (SSSR count). The number of hydrogen-bond acceptors (Lipinski definition) is 4. The number of anilines is 1. The number of aryl methyl sites for hydroxylation is 3. The second-order valence-corrected chi connectivity index (χ2v) is 7.48. The summed E-state index contributed by atoms with van der Waals surface area (Å²) < 4.78 is 1.81. The summed E-state index contributed by atoms with van der Waals surface area (Å²) >= 11 is 1.61. The van der Waals surface area contributed by atoms with E-state index < -0.39 is 0 Å². The van der Waals surface area contributed by atoms with Crippen molar-refractivity contribution in [1.82, 2.24) is 15.1 Å². The fourth-order valence-electron chi connectivity index (χ4n) is 3.09. The van der Waals surface area contributed by atoms with Crippen molar-refractivity contribution in [2.45, 2.75) is 39.2 Å². The van der Waals surface area contributed by atoms with Gasteiger partial charge in [0.1, 0.15) is 0 Å². The van der Waals surface area contributed by atoms with Crippen LogP contribution in [0.25, 0.3) is 0 Å². The minimum atomic E-state index is 0.0680. The molecule has 1 atom stereocenters. The van der Waals surface area contributed by atoms with Crippen LogP contribution in [0.15, 0.2) is 18.5 Å². The van der Waals surface area contributed by atoms with E-state index in [-0.39, 0.29) is 11.9 Å². The summed E-state index contributed by atoms with van der Waals surface area (Å²) in [5.41, 5.74) is 2.44. The Balaban J connectivity index is 1.59. The number of aromatic nitrogens is 2. The summed E-state index contributed by atoms with van der Waals surface area (Å²) in [6.45, 7) is 6.08. The van der Waals surface area contributed by atoms with Crippen LogP contribution in [0, 0.1) is 6.92 Å². The average molecular weight is 332 g/mol. The monoisotopic (exact) mass is 332 g/mol. The first-order valence-corrected chi connectivity index (χ1v) is 9.02. The minimum absolute atomic E-state index is 0.0680. The predicted octanol–water partition coefficient (Wildman–Crippen LogP) is 2.75. The molecular weight excluding hydrogens is 308 g/mol. The van der Waals surface area contributed by atoms with Crippen molar-refractivity contribution < 1.29 is 4.79 Å². The molecule has 0 radical (unpaired) electrons. The van der Waals surface area contributed by atoms with E-state index in [1.54, 1.807) is 11.3 Å². The van der Waals surface area contributed by atoms with Crippen LogP contribution in [0.2, 0.25) is 0 Å². The minimum Gasteiger partial charge on any atom is -0.367 e. The quantitative estimate of drug-likeness (QED) is 0.916. The first-order valence-electron chi connectivity index (χ1n) is 8.20. The molecule has 2 aromatic heterocycles. The Morgan fingerprint density at radius 3 is 3.04 bits per heavy atom. The summed E-state index contributed by atoms with van der Waals surface area (Å²) in [5, 5.41) is 7.40. The molecule has 2 aromatic rings. The lowest BCUT2D eigenvalue weighted by atomic mass is 10.1. The van der Waals surface area contributed by atoms with Gasteiger partial charge in [0.25, 0.3) is 5.91 Å². The lowest BCUT2D eigenvalue weighted by Gasteiger charge is -2.16. The zero-order valence-electron chi connectivity index (χ0n) is 14.0. The van der Waals surface area contributed by atoms with Crippen molar-refractivity contribution in [3.63, 3.8) is 0 Å². The van der Waals surface area contributed by atoms with Crippen molar-refractivity contribution in [3.05, 3.63) is 33.8 Å². The van der Waals surface area contributed by atoms with Crippen LogP contribution in [-0.4, -0.2) is 34.8 Å². The number of carbonyl (C=O) groups excluding carboxylic acids is 1. The van der Waals surface area contributed by atoms with Gasteiger partial charge < -0.3 is 10.2 Å². The largest absolute Gasteiger partial charge is 0.367 e. The summed E-state index contributed by atoms with van der Waals surface area (Å²) in [7, 11) is 1.92. The highest BCUT2D eigenvalue weighted by atomic mass is 32.1. The highest BCUT2D eigenvalue weighted by molar-refractivity contribution is 7.14. The smallest absolute Gasteiger partial charge is 0.261 e. The van der Waals surface area contributed by atoms with E-state index >= 15 is 0 Å². The van der Waals surface area contributed by atoms with Gasteiger partial charge in [0.15, 0.2) is 0 Å². The molecule has 1 amide bonds. The van der Waals surface area contributed by atoms with Crippen LogP contribution < -0.4 is 10.2 Å². The second kappa shape index (κ2) is 6.74.